The van der Waals surface area contributed by atoms with Crippen LogP contribution in [0.3, 0.4) is 0 Å². The molecule has 1 aromatic carbocycles. The molecular formula is C10H10BrFO2. The zero-order valence-electron chi connectivity index (χ0n) is 7.72. The van der Waals surface area contributed by atoms with Crippen LogP contribution in [0.5, 0.6) is 5.75 Å². The minimum Gasteiger partial charge on any atom is -0.486 e. The molecule has 0 atom stereocenters. The van der Waals surface area contributed by atoms with Crippen molar-refractivity contribution in [3.8, 4) is 5.75 Å². The van der Waals surface area contributed by atoms with E-state index in [1.807, 2.05) is 0 Å². The maximum absolute atomic E-state index is 13.0. The van der Waals surface area contributed by atoms with Crippen LogP contribution < -0.4 is 4.74 Å². The van der Waals surface area contributed by atoms with Crippen LogP contribution in [0.4, 0.5) is 4.39 Å². The average molecular weight is 261 g/mol. The lowest BCUT2D eigenvalue weighted by atomic mass is 10.3. The number of rotatable bonds is 4. The summed E-state index contributed by atoms with van der Waals surface area (Å²) >= 11 is 3.03. The van der Waals surface area contributed by atoms with Gasteiger partial charge in [0.25, 0.3) is 0 Å². The third kappa shape index (κ3) is 3.10. The van der Waals surface area contributed by atoms with Gasteiger partial charge in [0.05, 0.1) is 4.47 Å². The van der Waals surface area contributed by atoms with Crippen molar-refractivity contribution < 1.29 is 13.9 Å². The molecule has 1 aromatic rings. The summed E-state index contributed by atoms with van der Waals surface area (Å²) in [5, 5.41) is 0. The summed E-state index contributed by atoms with van der Waals surface area (Å²) in [4.78, 5) is 10.9. The Morgan fingerprint density at radius 3 is 2.86 bits per heavy atom. The highest BCUT2D eigenvalue weighted by Crippen LogP contribution is 2.20. The van der Waals surface area contributed by atoms with Crippen LogP contribution in [0.15, 0.2) is 22.7 Å². The molecule has 0 saturated carbocycles. The van der Waals surface area contributed by atoms with Crippen molar-refractivity contribution in [2.45, 2.75) is 13.3 Å². The first-order valence-electron chi connectivity index (χ1n) is 4.23. The lowest BCUT2D eigenvalue weighted by molar-refractivity contribution is -0.120. The fraction of sp³-hybridized carbons (Fsp3) is 0.300. The molecular weight excluding hydrogens is 251 g/mol. The Kier molecular flexibility index (Phi) is 4.07. The molecule has 0 unspecified atom stereocenters. The molecule has 0 aliphatic rings. The van der Waals surface area contributed by atoms with Crippen LogP contribution in [0.1, 0.15) is 13.3 Å². The van der Waals surface area contributed by atoms with Gasteiger partial charge in [-0.25, -0.2) is 4.39 Å². The quantitative estimate of drug-likeness (QED) is 0.832. The molecule has 0 saturated heterocycles. The first kappa shape index (κ1) is 11.2. The number of ether oxygens (including phenoxy) is 1. The fourth-order valence-corrected chi connectivity index (χ4v) is 1.08. The maximum Gasteiger partial charge on any atom is 0.169 e. The third-order valence-corrected chi connectivity index (χ3v) is 2.33. The van der Waals surface area contributed by atoms with Gasteiger partial charge in [-0.2, -0.15) is 0 Å². The van der Waals surface area contributed by atoms with E-state index in [1.54, 1.807) is 19.1 Å². The lowest BCUT2D eigenvalue weighted by Gasteiger charge is -2.04. The molecule has 0 aromatic heterocycles. The van der Waals surface area contributed by atoms with E-state index >= 15 is 0 Å². The highest BCUT2D eigenvalue weighted by molar-refractivity contribution is 9.10. The van der Waals surface area contributed by atoms with E-state index in [9.17, 15) is 9.18 Å². The van der Waals surface area contributed by atoms with Crippen molar-refractivity contribution in [2.75, 3.05) is 6.61 Å². The molecule has 0 spiro atoms. The molecule has 0 bridgehead atoms. The van der Waals surface area contributed by atoms with Gasteiger partial charge in [-0.05, 0) is 28.1 Å². The lowest BCUT2D eigenvalue weighted by Crippen LogP contribution is -2.09. The fourth-order valence-electron chi connectivity index (χ4n) is 0.833. The van der Waals surface area contributed by atoms with E-state index < -0.39 is 5.82 Å². The van der Waals surface area contributed by atoms with E-state index in [0.29, 0.717) is 16.6 Å². The van der Waals surface area contributed by atoms with E-state index in [-0.39, 0.29) is 12.4 Å². The van der Waals surface area contributed by atoms with E-state index in [1.165, 1.54) is 6.07 Å². The van der Waals surface area contributed by atoms with Gasteiger partial charge in [-0.15, -0.1) is 0 Å². The van der Waals surface area contributed by atoms with E-state index in [4.69, 9.17) is 4.74 Å². The molecule has 0 heterocycles. The second-order valence-electron chi connectivity index (χ2n) is 2.76. The zero-order valence-corrected chi connectivity index (χ0v) is 9.30. The number of Topliss-reactive ketones (excluding diaryl/α,β-unsaturated/α-hetero) is 1. The van der Waals surface area contributed by atoms with Crippen molar-refractivity contribution in [2.24, 2.45) is 0 Å². The van der Waals surface area contributed by atoms with Gasteiger partial charge >= 0.3 is 0 Å². The number of hydrogen-bond donors (Lipinski definition) is 0. The largest absolute Gasteiger partial charge is 0.486 e. The highest BCUT2D eigenvalue weighted by Gasteiger charge is 2.03. The molecule has 76 valence electrons. The molecule has 0 fully saturated rings. The number of hydrogen-bond acceptors (Lipinski definition) is 2. The van der Waals surface area contributed by atoms with E-state index in [0.717, 1.165) is 0 Å². The predicted molar refractivity (Wildman–Crippen MR) is 54.9 cm³/mol. The number of benzene rings is 1. The standard InChI is InChI=1S/C10H10BrFO2/c1-2-7(13)6-14-8-3-4-9(11)10(12)5-8/h3-5H,2,6H2,1H3. The average Bonchev–Trinajstić information content (AvgIpc) is 2.19. The van der Waals surface area contributed by atoms with Crippen molar-refractivity contribution in [1.29, 1.82) is 0 Å². The Labute approximate surface area is 90.2 Å². The summed E-state index contributed by atoms with van der Waals surface area (Å²) in [6.45, 7) is 1.76. The third-order valence-electron chi connectivity index (χ3n) is 1.69. The minimum absolute atomic E-state index is 0.00241. The second-order valence-corrected chi connectivity index (χ2v) is 3.61. The number of halogens is 2. The van der Waals surface area contributed by atoms with Gasteiger partial charge in [0.15, 0.2) is 5.78 Å². The Morgan fingerprint density at radius 1 is 1.57 bits per heavy atom. The van der Waals surface area contributed by atoms with Crippen LogP contribution in [-0.2, 0) is 4.79 Å². The highest BCUT2D eigenvalue weighted by atomic mass is 79.9. The predicted octanol–water partition coefficient (Wildman–Crippen LogP) is 2.95. The molecule has 0 radical (unpaired) electrons. The molecule has 0 amide bonds. The normalized spacial score (nSPS) is 9.93. The van der Waals surface area contributed by atoms with E-state index in [2.05, 4.69) is 15.9 Å². The van der Waals surface area contributed by atoms with Crippen molar-refractivity contribution in [3.05, 3.63) is 28.5 Å². The van der Waals surface area contributed by atoms with Gasteiger partial charge < -0.3 is 4.74 Å². The van der Waals surface area contributed by atoms with Gasteiger partial charge in [-0.3, -0.25) is 4.79 Å². The van der Waals surface area contributed by atoms with Crippen LogP contribution in [0.2, 0.25) is 0 Å². The summed E-state index contributed by atoms with van der Waals surface area (Å²) in [7, 11) is 0. The maximum atomic E-state index is 13.0. The summed E-state index contributed by atoms with van der Waals surface area (Å²) in [5.74, 6) is -0.0349. The van der Waals surface area contributed by atoms with Gasteiger partial charge in [0.2, 0.25) is 0 Å². The van der Waals surface area contributed by atoms with Crippen LogP contribution in [0, 0.1) is 5.82 Å². The van der Waals surface area contributed by atoms with Crippen molar-refractivity contribution in [3.63, 3.8) is 0 Å². The summed E-state index contributed by atoms with van der Waals surface area (Å²) in [5.41, 5.74) is 0. The zero-order chi connectivity index (χ0) is 10.6. The first-order valence-corrected chi connectivity index (χ1v) is 5.02. The van der Waals surface area contributed by atoms with Crippen molar-refractivity contribution >= 4 is 21.7 Å². The second kappa shape index (κ2) is 5.10. The van der Waals surface area contributed by atoms with Crippen LogP contribution >= 0.6 is 15.9 Å². The van der Waals surface area contributed by atoms with Gasteiger partial charge in [0, 0.05) is 12.5 Å². The molecule has 2 nitrogen and oxygen atoms in total. The molecule has 4 heteroatoms. The number of ketones is 1. The Bertz CT molecular complexity index is 339. The molecule has 0 aliphatic carbocycles. The molecule has 0 aliphatic heterocycles. The summed E-state index contributed by atoms with van der Waals surface area (Å²) < 4.78 is 18.4. The first-order chi connectivity index (χ1) is 6.63. The molecule has 0 N–H and O–H groups in total. The topological polar surface area (TPSA) is 26.3 Å². The Morgan fingerprint density at radius 2 is 2.29 bits per heavy atom. The monoisotopic (exact) mass is 260 g/mol. The van der Waals surface area contributed by atoms with Gasteiger partial charge in [-0.1, -0.05) is 6.92 Å². The van der Waals surface area contributed by atoms with Crippen LogP contribution in [-0.4, -0.2) is 12.4 Å². The Hall–Kier alpha value is -0.900. The summed E-state index contributed by atoms with van der Waals surface area (Å²) in [6.07, 6.45) is 0.430. The number of carbonyl (C=O) groups is 1. The van der Waals surface area contributed by atoms with Crippen LogP contribution in [0.25, 0.3) is 0 Å². The van der Waals surface area contributed by atoms with Gasteiger partial charge in [0.1, 0.15) is 18.2 Å². The number of carbonyl (C=O) groups excluding carboxylic acids is 1. The summed E-state index contributed by atoms with van der Waals surface area (Å²) in [6, 6.07) is 4.39. The molecule has 1 rings (SSSR count). The smallest absolute Gasteiger partial charge is 0.169 e. The van der Waals surface area contributed by atoms with Crippen molar-refractivity contribution in [1.82, 2.24) is 0 Å². The minimum atomic E-state index is -0.397. The SMILES string of the molecule is CCC(=O)COc1ccc(Br)c(F)c1. The molecule has 14 heavy (non-hydrogen) atoms. The Balaban J connectivity index is 2.60.